The Kier molecular flexibility index (Phi) is 2.60. The van der Waals surface area contributed by atoms with E-state index in [4.69, 9.17) is 15.4 Å². The zero-order chi connectivity index (χ0) is 11.1. The topological polar surface area (TPSA) is 43.4 Å². The first-order valence-corrected chi connectivity index (χ1v) is 6.69. The fraction of sp³-hybridized carbons (Fsp3) is 0.333. The molecule has 0 unspecified atom stereocenters. The van der Waals surface area contributed by atoms with Gasteiger partial charge in [0.25, 0.3) is 9.05 Å². The van der Waals surface area contributed by atoms with Gasteiger partial charge < -0.3 is 4.74 Å². The molecule has 0 bridgehead atoms. The largest absolute Gasteiger partial charge is 0.492 e. The first-order chi connectivity index (χ1) is 6.98. The molecular weight excluding hydrogens is 243 g/mol. The van der Waals surface area contributed by atoms with Crippen molar-refractivity contribution in [1.82, 2.24) is 0 Å². The van der Waals surface area contributed by atoms with Gasteiger partial charge >= 0.3 is 0 Å². The van der Waals surface area contributed by atoms with Crippen LogP contribution in [-0.2, 0) is 15.5 Å². The first-order valence-electron chi connectivity index (χ1n) is 4.38. The Bertz CT molecular complexity index is 498. The highest BCUT2D eigenvalue weighted by atomic mass is 35.7. The molecule has 0 spiro atoms. The highest BCUT2D eigenvalue weighted by molar-refractivity contribution is 8.13. The van der Waals surface area contributed by atoms with Crippen LogP contribution in [0.1, 0.15) is 12.0 Å². The van der Waals surface area contributed by atoms with Crippen LogP contribution < -0.4 is 4.74 Å². The molecule has 0 aromatic heterocycles. The van der Waals surface area contributed by atoms with Crippen LogP contribution in [0.15, 0.2) is 17.0 Å². The molecule has 1 heterocycles. The van der Waals surface area contributed by atoms with Crippen LogP contribution in [0.5, 0.6) is 5.75 Å². The van der Waals surface area contributed by atoms with E-state index in [0.29, 0.717) is 18.6 Å². The van der Waals surface area contributed by atoms with Gasteiger partial charge in [-0.3, -0.25) is 0 Å². The third-order valence-corrected chi connectivity index (χ3v) is 3.52. The average molecular weight is 251 g/mol. The third kappa shape index (κ3) is 2.08. The molecule has 0 amide bonds. The van der Waals surface area contributed by atoms with Crippen molar-refractivity contribution < 1.29 is 17.5 Å². The molecule has 1 aliphatic rings. The SMILES string of the molecule is O=S(=O)(Cl)c1cc(F)cc2c1OCCC2. The van der Waals surface area contributed by atoms with Crippen molar-refractivity contribution in [1.29, 1.82) is 0 Å². The molecule has 0 atom stereocenters. The van der Waals surface area contributed by atoms with E-state index in [1.54, 1.807) is 0 Å². The number of rotatable bonds is 1. The van der Waals surface area contributed by atoms with Crippen LogP contribution in [0, 0.1) is 5.82 Å². The van der Waals surface area contributed by atoms with Gasteiger partial charge in [0.15, 0.2) is 0 Å². The molecular formula is C9H8ClFO3S. The second-order valence-electron chi connectivity index (χ2n) is 3.28. The Balaban J connectivity index is 2.68. The monoisotopic (exact) mass is 250 g/mol. The maximum absolute atomic E-state index is 13.1. The second kappa shape index (κ2) is 3.64. The zero-order valence-corrected chi connectivity index (χ0v) is 9.24. The molecule has 0 saturated carbocycles. The van der Waals surface area contributed by atoms with E-state index in [2.05, 4.69) is 0 Å². The summed E-state index contributed by atoms with van der Waals surface area (Å²) in [5.74, 6) is -0.420. The summed E-state index contributed by atoms with van der Waals surface area (Å²) in [6.07, 6.45) is 1.35. The van der Waals surface area contributed by atoms with Gasteiger partial charge in [-0.2, -0.15) is 0 Å². The molecule has 1 aromatic carbocycles. The van der Waals surface area contributed by atoms with Crippen LogP contribution in [0.4, 0.5) is 4.39 Å². The van der Waals surface area contributed by atoms with E-state index in [0.717, 1.165) is 12.5 Å². The summed E-state index contributed by atoms with van der Waals surface area (Å²) in [6.45, 7) is 0.429. The minimum absolute atomic E-state index is 0.192. The molecule has 0 N–H and O–H groups in total. The van der Waals surface area contributed by atoms with Crippen molar-refractivity contribution in [2.24, 2.45) is 0 Å². The molecule has 2 rings (SSSR count). The molecule has 15 heavy (non-hydrogen) atoms. The van der Waals surface area contributed by atoms with Crippen molar-refractivity contribution in [3.8, 4) is 5.75 Å². The molecule has 0 fully saturated rings. The van der Waals surface area contributed by atoms with E-state index >= 15 is 0 Å². The van der Waals surface area contributed by atoms with Crippen LogP contribution in [0.25, 0.3) is 0 Å². The normalized spacial score (nSPS) is 15.6. The summed E-state index contributed by atoms with van der Waals surface area (Å²) >= 11 is 0. The lowest BCUT2D eigenvalue weighted by atomic mass is 10.1. The number of fused-ring (bicyclic) bond motifs is 1. The summed E-state index contributed by atoms with van der Waals surface area (Å²) in [5, 5.41) is 0. The maximum Gasteiger partial charge on any atom is 0.265 e. The summed E-state index contributed by atoms with van der Waals surface area (Å²) in [7, 11) is 1.23. The van der Waals surface area contributed by atoms with E-state index < -0.39 is 14.9 Å². The summed E-state index contributed by atoms with van der Waals surface area (Å²) in [5.41, 5.74) is 0.556. The first kappa shape index (κ1) is 10.7. The summed E-state index contributed by atoms with van der Waals surface area (Å²) in [4.78, 5) is -0.279. The lowest BCUT2D eigenvalue weighted by Crippen LogP contribution is -2.12. The van der Waals surface area contributed by atoms with Crippen molar-refractivity contribution in [2.45, 2.75) is 17.7 Å². The minimum Gasteiger partial charge on any atom is -0.492 e. The molecule has 0 saturated heterocycles. The molecule has 82 valence electrons. The zero-order valence-electron chi connectivity index (χ0n) is 7.66. The Morgan fingerprint density at radius 3 is 2.80 bits per heavy atom. The molecule has 0 radical (unpaired) electrons. The smallest absolute Gasteiger partial charge is 0.265 e. The van der Waals surface area contributed by atoms with Crippen LogP contribution in [0.3, 0.4) is 0 Å². The van der Waals surface area contributed by atoms with E-state index in [1.807, 2.05) is 0 Å². The minimum atomic E-state index is -3.96. The fourth-order valence-electron chi connectivity index (χ4n) is 1.59. The lowest BCUT2D eigenvalue weighted by molar-refractivity contribution is 0.279. The van der Waals surface area contributed by atoms with Crippen molar-refractivity contribution in [2.75, 3.05) is 6.61 Å². The van der Waals surface area contributed by atoms with Crippen LogP contribution in [0.2, 0.25) is 0 Å². The molecule has 0 aliphatic carbocycles. The predicted octanol–water partition coefficient (Wildman–Crippen LogP) is 2.08. The molecule has 1 aliphatic heterocycles. The summed E-state index contributed by atoms with van der Waals surface area (Å²) in [6, 6.07) is 2.16. The molecule has 6 heteroatoms. The number of ether oxygens (including phenoxy) is 1. The lowest BCUT2D eigenvalue weighted by Gasteiger charge is -2.19. The standard InChI is InChI=1S/C9H8ClFO3S/c10-15(12,13)8-5-7(11)4-6-2-1-3-14-9(6)8/h4-5H,1-3H2. The Labute approximate surface area is 91.2 Å². The highest BCUT2D eigenvalue weighted by Gasteiger charge is 2.23. The Hall–Kier alpha value is -0.810. The molecule has 3 nitrogen and oxygen atoms in total. The predicted molar refractivity (Wildman–Crippen MR) is 53.3 cm³/mol. The van der Waals surface area contributed by atoms with Gasteiger partial charge in [-0.15, -0.1) is 0 Å². The maximum atomic E-state index is 13.1. The van der Waals surface area contributed by atoms with Crippen LogP contribution in [-0.4, -0.2) is 15.0 Å². The number of benzene rings is 1. The van der Waals surface area contributed by atoms with Crippen molar-refractivity contribution in [3.05, 3.63) is 23.5 Å². The quantitative estimate of drug-likeness (QED) is 0.717. The number of halogens is 2. The highest BCUT2D eigenvalue weighted by Crippen LogP contribution is 2.34. The fourth-order valence-corrected chi connectivity index (χ4v) is 2.60. The van der Waals surface area contributed by atoms with Crippen molar-refractivity contribution >= 4 is 19.7 Å². The van der Waals surface area contributed by atoms with Gasteiger partial charge in [-0.1, -0.05) is 0 Å². The van der Waals surface area contributed by atoms with E-state index in [-0.39, 0.29) is 10.6 Å². The number of hydrogen-bond donors (Lipinski definition) is 0. The van der Waals surface area contributed by atoms with Crippen molar-refractivity contribution in [3.63, 3.8) is 0 Å². The van der Waals surface area contributed by atoms with Crippen LogP contribution >= 0.6 is 10.7 Å². The second-order valence-corrected chi connectivity index (χ2v) is 5.82. The van der Waals surface area contributed by atoms with Gasteiger partial charge in [0.2, 0.25) is 0 Å². The van der Waals surface area contributed by atoms with E-state index in [9.17, 15) is 12.8 Å². The molecule has 1 aromatic rings. The van der Waals surface area contributed by atoms with E-state index in [1.165, 1.54) is 6.07 Å². The number of hydrogen-bond acceptors (Lipinski definition) is 3. The van der Waals surface area contributed by atoms with Gasteiger partial charge in [0.05, 0.1) is 6.61 Å². The van der Waals surface area contributed by atoms with Gasteiger partial charge in [-0.05, 0) is 30.5 Å². The van der Waals surface area contributed by atoms with Gasteiger partial charge in [0.1, 0.15) is 16.5 Å². The summed E-state index contributed by atoms with van der Waals surface area (Å²) < 4.78 is 40.7. The van der Waals surface area contributed by atoms with Gasteiger partial charge in [0, 0.05) is 10.7 Å². The Morgan fingerprint density at radius 1 is 1.40 bits per heavy atom. The Morgan fingerprint density at radius 2 is 2.13 bits per heavy atom. The third-order valence-electron chi connectivity index (χ3n) is 2.20. The number of aryl methyl sites for hydroxylation is 1. The average Bonchev–Trinajstić information content (AvgIpc) is 2.15. The van der Waals surface area contributed by atoms with Gasteiger partial charge in [-0.25, -0.2) is 12.8 Å².